The van der Waals surface area contributed by atoms with Crippen molar-refractivity contribution in [1.29, 1.82) is 0 Å². The molecule has 0 heterocycles. The molecule has 1 rings (SSSR count). The molecule has 1 atom stereocenters. The van der Waals surface area contributed by atoms with Gasteiger partial charge in [0.2, 0.25) is 0 Å². The molecule has 0 fully saturated rings. The van der Waals surface area contributed by atoms with Crippen LogP contribution >= 0.6 is 0 Å². The van der Waals surface area contributed by atoms with Crippen LogP contribution in [0.3, 0.4) is 0 Å². The number of esters is 1. The van der Waals surface area contributed by atoms with E-state index in [1.807, 2.05) is 19.1 Å². The summed E-state index contributed by atoms with van der Waals surface area (Å²) in [6.45, 7) is 6.52. The van der Waals surface area contributed by atoms with Gasteiger partial charge in [-0.1, -0.05) is 44.5 Å². The van der Waals surface area contributed by atoms with Crippen molar-refractivity contribution >= 4 is 5.97 Å². The lowest BCUT2D eigenvalue weighted by Crippen LogP contribution is -2.16. The highest BCUT2D eigenvalue weighted by molar-refractivity contribution is 5.78. The topological polar surface area (TPSA) is 26.3 Å². The van der Waals surface area contributed by atoms with Crippen molar-refractivity contribution in [2.45, 2.75) is 46.0 Å². The van der Waals surface area contributed by atoms with E-state index >= 15 is 0 Å². The molecule has 0 saturated heterocycles. The monoisotopic (exact) mass is 234 g/mol. The van der Waals surface area contributed by atoms with E-state index in [9.17, 15) is 4.79 Å². The second kappa shape index (κ2) is 7.10. The normalized spacial score (nSPS) is 12.2. The Morgan fingerprint density at radius 3 is 2.65 bits per heavy atom. The minimum atomic E-state index is -0.105. The van der Waals surface area contributed by atoms with Crippen molar-refractivity contribution in [1.82, 2.24) is 0 Å². The van der Waals surface area contributed by atoms with E-state index in [0.717, 1.165) is 24.8 Å². The van der Waals surface area contributed by atoms with Crippen LogP contribution in [-0.4, -0.2) is 12.6 Å². The fourth-order valence-electron chi connectivity index (χ4n) is 1.98. The average molecular weight is 234 g/mol. The van der Waals surface area contributed by atoms with Crippen LogP contribution in [-0.2, 0) is 16.0 Å². The minimum absolute atomic E-state index is 0.0948. The van der Waals surface area contributed by atoms with Gasteiger partial charge in [0.05, 0.1) is 12.5 Å². The van der Waals surface area contributed by atoms with Crippen molar-refractivity contribution < 1.29 is 9.53 Å². The molecule has 1 aromatic carbocycles. The summed E-state index contributed by atoms with van der Waals surface area (Å²) >= 11 is 0. The van der Waals surface area contributed by atoms with E-state index in [0.29, 0.717) is 6.61 Å². The predicted molar refractivity (Wildman–Crippen MR) is 70.1 cm³/mol. The quantitative estimate of drug-likeness (QED) is 0.702. The van der Waals surface area contributed by atoms with Gasteiger partial charge in [0.15, 0.2) is 0 Å². The third-order valence-corrected chi connectivity index (χ3v) is 2.91. The van der Waals surface area contributed by atoms with Crippen molar-refractivity contribution in [3.05, 3.63) is 35.4 Å². The highest BCUT2D eigenvalue weighted by atomic mass is 16.5. The lowest BCUT2D eigenvalue weighted by Gasteiger charge is -2.15. The zero-order chi connectivity index (χ0) is 12.7. The number of carbonyl (C=O) groups excluding carboxylic acids is 1. The van der Waals surface area contributed by atoms with Crippen molar-refractivity contribution in [2.75, 3.05) is 6.61 Å². The van der Waals surface area contributed by atoms with Crippen LogP contribution in [0.5, 0.6) is 0 Å². The van der Waals surface area contributed by atoms with Crippen molar-refractivity contribution in [2.24, 2.45) is 0 Å². The molecule has 0 N–H and O–H groups in total. The van der Waals surface area contributed by atoms with Gasteiger partial charge in [-0.05, 0) is 30.9 Å². The molecule has 1 aromatic rings. The number of carbonyl (C=O) groups is 1. The molecule has 2 heteroatoms. The largest absolute Gasteiger partial charge is 0.466 e. The lowest BCUT2D eigenvalue weighted by molar-refractivity contribution is -0.145. The van der Waals surface area contributed by atoms with Crippen molar-refractivity contribution in [3.63, 3.8) is 0 Å². The molecule has 0 saturated carbocycles. The summed E-state index contributed by atoms with van der Waals surface area (Å²) in [5, 5.41) is 0. The Bertz CT molecular complexity index is 358. The maximum absolute atomic E-state index is 11.9. The van der Waals surface area contributed by atoms with Gasteiger partial charge in [-0.15, -0.1) is 0 Å². The molecular weight excluding hydrogens is 212 g/mol. The SMILES string of the molecule is CCCC(C(=O)OCC)c1cccc(CC)c1. The van der Waals surface area contributed by atoms with Gasteiger partial charge >= 0.3 is 5.97 Å². The van der Waals surface area contributed by atoms with E-state index in [-0.39, 0.29) is 11.9 Å². The molecule has 0 radical (unpaired) electrons. The van der Waals surface area contributed by atoms with Crippen molar-refractivity contribution in [3.8, 4) is 0 Å². The van der Waals surface area contributed by atoms with E-state index in [2.05, 4.69) is 26.0 Å². The zero-order valence-corrected chi connectivity index (χ0v) is 11.0. The molecule has 2 nitrogen and oxygen atoms in total. The Kier molecular flexibility index (Phi) is 5.75. The van der Waals surface area contributed by atoms with Gasteiger partial charge in [-0.2, -0.15) is 0 Å². The Hall–Kier alpha value is -1.31. The van der Waals surface area contributed by atoms with Gasteiger partial charge in [0.1, 0.15) is 0 Å². The van der Waals surface area contributed by atoms with Crippen LogP contribution in [0.15, 0.2) is 24.3 Å². The fraction of sp³-hybridized carbons (Fsp3) is 0.533. The number of hydrogen-bond donors (Lipinski definition) is 0. The van der Waals surface area contributed by atoms with Crippen LogP contribution in [0.2, 0.25) is 0 Å². The highest BCUT2D eigenvalue weighted by Gasteiger charge is 2.20. The highest BCUT2D eigenvalue weighted by Crippen LogP contribution is 2.24. The van der Waals surface area contributed by atoms with E-state index < -0.39 is 0 Å². The van der Waals surface area contributed by atoms with Gasteiger partial charge in [-0.25, -0.2) is 0 Å². The molecule has 17 heavy (non-hydrogen) atoms. The third-order valence-electron chi connectivity index (χ3n) is 2.91. The van der Waals surface area contributed by atoms with E-state index in [1.165, 1.54) is 5.56 Å². The first-order valence-electron chi connectivity index (χ1n) is 6.48. The number of ether oxygens (including phenoxy) is 1. The van der Waals surface area contributed by atoms with Crippen LogP contribution in [0.1, 0.15) is 50.7 Å². The summed E-state index contributed by atoms with van der Waals surface area (Å²) in [6.07, 6.45) is 2.83. The zero-order valence-electron chi connectivity index (χ0n) is 11.0. The van der Waals surface area contributed by atoms with Crippen LogP contribution in [0.25, 0.3) is 0 Å². The predicted octanol–water partition coefficient (Wildman–Crippen LogP) is 3.70. The second-order valence-electron chi connectivity index (χ2n) is 4.19. The Morgan fingerprint density at radius 1 is 1.29 bits per heavy atom. The van der Waals surface area contributed by atoms with Crippen LogP contribution in [0, 0.1) is 0 Å². The van der Waals surface area contributed by atoms with Gasteiger partial charge in [0.25, 0.3) is 0 Å². The summed E-state index contributed by atoms with van der Waals surface area (Å²) in [4.78, 5) is 11.9. The van der Waals surface area contributed by atoms with Gasteiger partial charge in [-0.3, -0.25) is 4.79 Å². The number of rotatable bonds is 6. The first-order chi connectivity index (χ1) is 8.22. The minimum Gasteiger partial charge on any atom is -0.466 e. The third kappa shape index (κ3) is 3.88. The molecule has 0 aliphatic rings. The molecule has 1 unspecified atom stereocenters. The standard InChI is InChI=1S/C15H22O2/c1-4-8-14(15(16)17-6-3)13-10-7-9-12(5-2)11-13/h7,9-11,14H,4-6,8H2,1-3H3. The summed E-state index contributed by atoms with van der Waals surface area (Å²) in [5.41, 5.74) is 2.36. The Labute approximate surface area is 104 Å². The summed E-state index contributed by atoms with van der Waals surface area (Å²) in [7, 11) is 0. The molecule has 0 aliphatic carbocycles. The first-order valence-corrected chi connectivity index (χ1v) is 6.48. The lowest BCUT2D eigenvalue weighted by atomic mass is 9.93. The fourth-order valence-corrected chi connectivity index (χ4v) is 1.98. The number of hydrogen-bond acceptors (Lipinski definition) is 2. The molecule has 0 bridgehead atoms. The van der Waals surface area contributed by atoms with E-state index in [1.54, 1.807) is 0 Å². The van der Waals surface area contributed by atoms with Gasteiger partial charge < -0.3 is 4.74 Å². The smallest absolute Gasteiger partial charge is 0.313 e. The Morgan fingerprint density at radius 2 is 2.06 bits per heavy atom. The van der Waals surface area contributed by atoms with Gasteiger partial charge in [0, 0.05) is 0 Å². The Balaban J connectivity index is 2.91. The molecule has 0 amide bonds. The maximum atomic E-state index is 11.9. The second-order valence-corrected chi connectivity index (χ2v) is 4.19. The molecule has 0 aromatic heterocycles. The molecule has 0 spiro atoms. The van der Waals surface area contributed by atoms with Crippen LogP contribution in [0.4, 0.5) is 0 Å². The molecule has 94 valence electrons. The first kappa shape index (κ1) is 13.8. The molecular formula is C15H22O2. The van der Waals surface area contributed by atoms with Crippen LogP contribution < -0.4 is 0 Å². The maximum Gasteiger partial charge on any atom is 0.313 e. The summed E-state index contributed by atoms with van der Waals surface area (Å²) in [6, 6.07) is 8.27. The average Bonchev–Trinajstić information content (AvgIpc) is 2.36. The molecule has 0 aliphatic heterocycles. The summed E-state index contributed by atoms with van der Waals surface area (Å²) in [5.74, 6) is -0.200. The number of benzene rings is 1. The van der Waals surface area contributed by atoms with E-state index in [4.69, 9.17) is 4.74 Å². The summed E-state index contributed by atoms with van der Waals surface area (Å²) < 4.78 is 5.15. The number of aryl methyl sites for hydroxylation is 1.